The van der Waals surface area contributed by atoms with E-state index in [-0.39, 0.29) is 0 Å². The van der Waals surface area contributed by atoms with Crippen molar-refractivity contribution < 1.29 is 24.1 Å². The van der Waals surface area contributed by atoms with E-state index >= 15 is 0 Å². The standard InChI is InChI=1S/C31H28O5/c1-33-26-15-9-13-23-22(26)16-17-28(35-3)30(23)31(32,21-11-6-5-7-12-21)25-19-24-20(18-29(25)36-4)10-8-14-27(24)34-2/h5-19,32H,1-4H3/t31-/m0/s1. The number of ether oxygens (including phenoxy) is 4. The predicted molar refractivity (Wildman–Crippen MR) is 143 cm³/mol. The summed E-state index contributed by atoms with van der Waals surface area (Å²) in [6, 6.07) is 28.9. The van der Waals surface area contributed by atoms with Crippen LogP contribution >= 0.6 is 0 Å². The van der Waals surface area contributed by atoms with Crippen molar-refractivity contribution in [2.75, 3.05) is 28.4 Å². The number of rotatable bonds is 7. The second kappa shape index (κ2) is 9.44. The van der Waals surface area contributed by atoms with Crippen molar-refractivity contribution in [2.24, 2.45) is 0 Å². The lowest BCUT2D eigenvalue weighted by Gasteiger charge is -2.34. The molecule has 5 heteroatoms. The highest BCUT2D eigenvalue weighted by atomic mass is 16.5. The van der Waals surface area contributed by atoms with Crippen molar-refractivity contribution in [2.45, 2.75) is 5.60 Å². The summed E-state index contributed by atoms with van der Waals surface area (Å²) in [6.45, 7) is 0. The van der Waals surface area contributed by atoms with E-state index in [0.717, 1.165) is 21.5 Å². The molecule has 0 aliphatic carbocycles. The summed E-state index contributed by atoms with van der Waals surface area (Å²) in [5.41, 5.74) is 0.201. The second-order valence-corrected chi connectivity index (χ2v) is 8.51. The first kappa shape index (κ1) is 23.5. The smallest absolute Gasteiger partial charge is 0.148 e. The van der Waals surface area contributed by atoms with Gasteiger partial charge in [0.1, 0.15) is 28.6 Å². The van der Waals surface area contributed by atoms with Gasteiger partial charge in [-0.1, -0.05) is 54.6 Å². The minimum absolute atomic E-state index is 0.545. The minimum Gasteiger partial charge on any atom is -0.496 e. The topological polar surface area (TPSA) is 57.2 Å². The Labute approximate surface area is 210 Å². The molecule has 5 aromatic carbocycles. The van der Waals surface area contributed by atoms with Gasteiger partial charge in [0.05, 0.1) is 28.4 Å². The second-order valence-electron chi connectivity index (χ2n) is 8.51. The summed E-state index contributed by atoms with van der Waals surface area (Å²) >= 11 is 0. The third-order valence-electron chi connectivity index (χ3n) is 6.75. The highest BCUT2D eigenvalue weighted by molar-refractivity contribution is 5.96. The van der Waals surface area contributed by atoms with Gasteiger partial charge < -0.3 is 24.1 Å². The van der Waals surface area contributed by atoms with Crippen LogP contribution < -0.4 is 18.9 Å². The number of fused-ring (bicyclic) bond motifs is 2. The zero-order valence-corrected chi connectivity index (χ0v) is 20.7. The maximum Gasteiger partial charge on any atom is 0.148 e. The molecular weight excluding hydrogens is 452 g/mol. The molecule has 0 saturated heterocycles. The van der Waals surface area contributed by atoms with Crippen LogP contribution in [0.4, 0.5) is 0 Å². The van der Waals surface area contributed by atoms with Gasteiger partial charge in [0.15, 0.2) is 0 Å². The molecule has 0 aliphatic heterocycles. The monoisotopic (exact) mass is 480 g/mol. The summed E-state index contributed by atoms with van der Waals surface area (Å²) in [4.78, 5) is 0. The van der Waals surface area contributed by atoms with E-state index in [2.05, 4.69) is 0 Å². The maximum absolute atomic E-state index is 13.0. The fourth-order valence-corrected chi connectivity index (χ4v) is 5.05. The number of aliphatic hydroxyl groups is 1. The lowest BCUT2D eigenvalue weighted by Crippen LogP contribution is -2.30. The molecule has 0 heterocycles. The Morgan fingerprint density at radius 3 is 1.83 bits per heavy atom. The lowest BCUT2D eigenvalue weighted by molar-refractivity contribution is 0.120. The molecule has 182 valence electrons. The van der Waals surface area contributed by atoms with Crippen molar-refractivity contribution >= 4 is 21.5 Å². The Morgan fingerprint density at radius 2 is 1.17 bits per heavy atom. The van der Waals surface area contributed by atoms with Crippen molar-refractivity contribution in [3.8, 4) is 23.0 Å². The molecule has 0 amide bonds. The first-order valence-corrected chi connectivity index (χ1v) is 11.6. The number of methoxy groups -OCH3 is 4. The SMILES string of the molecule is COc1cc2cccc(OC)c2cc1[C@@](O)(c1ccccc1)c1c(OC)ccc2c(OC)cccc12. The van der Waals surface area contributed by atoms with Crippen LogP contribution in [0.3, 0.4) is 0 Å². The average Bonchev–Trinajstić information content (AvgIpc) is 2.95. The van der Waals surface area contributed by atoms with Crippen molar-refractivity contribution in [1.29, 1.82) is 0 Å². The van der Waals surface area contributed by atoms with Crippen molar-refractivity contribution in [3.05, 3.63) is 108 Å². The van der Waals surface area contributed by atoms with E-state index in [1.54, 1.807) is 28.4 Å². The average molecular weight is 481 g/mol. The van der Waals surface area contributed by atoms with Crippen LogP contribution in [0.1, 0.15) is 16.7 Å². The summed E-state index contributed by atoms with van der Waals surface area (Å²) < 4.78 is 23.0. The molecule has 0 bridgehead atoms. The van der Waals surface area contributed by atoms with Gasteiger partial charge in [0.25, 0.3) is 0 Å². The fraction of sp³-hybridized carbons (Fsp3) is 0.161. The third kappa shape index (κ3) is 3.60. The first-order valence-electron chi connectivity index (χ1n) is 11.6. The molecule has 1 atom stereocenters. The van der Waals surface area contributed by atoms with E-state index in [4.69, 9.17) is 18.9 Å². The van der Waals surface area contributed by atoms with Gasteiger partial charge in [0, 0.05) is 21.9 Å². The highest BCUT2D eigenvalue weighted by Gasteiger charge is 2.41. The van der Waals surface area contributed by atoms with Crippen LogP contribution in [0.2, 0.25) is 0 Å². The quantitative estimate of drug-likeness (QED) is 0.277. The zero-order chi connectivity index (χ0) is 25.3. The Morgan fingerprint density at radius 1 is 0.528 bits per heavy atom. The van der Waals surface area contributed by atoms with Crippen LogP contribution in [0.25, 0.3) is 21.5 Å². The molecule has 5 aromatic rings. The summed E-state index contributed by atoms with van der Waals surface area (Å²) in [5.74, 6) is 2.51. The Kier molecular flexibility index (Phi) is 6.17. The first-order chi connectivity index (χ1) is 17.6. The highest BCUT2D eigenvalue weighted by Crippen LogP contribution is 2.49. The molecule has 0 saturated carbocycles. The predicted octanol–water partition coefficient (Wildman–Crippen LogP) is 6.31. The number of benzene rings is 5. The molecule has 36 heavy (non-hydrogen) atoms. The fourth-order valence-electron chi connectivity index (χ4n) is 5.05. The Hall–Kier alpha value is -4.22. The molecule has 0 spiro atoms. The molecule has 0 radical (unpaired) electrons. The summed E-state index contributed by atoms with van der Waals surface area (Å²) in [5, 5.41) is 16.5. The normalized spacial score (nSPS) is 12.8. The van der Waals surface area contributed by atoms with Crippen LogP contribution in [-0.4, -0.2) is 33.5 Å². The van der Waals surface area contributed by atoms with Crippen LogP contribution in [0.15, 0.2) is 91.0 Å². The van der Waals surface area contributed by atoms with Crippen LogP contribution in [0.5, 0.6) is 23.0 Å². The van der Waals surface area contributed by atoms with Crippen LogP contribution in [0, 0.1) is 0 Å². The third-order valence-corrected chi connectivity index (χ3v) is 6.75. The molecule has 0 aliphatic rings. The summed E-state index contributed by atoms with van der Waals surface area (Å²) in [6.07, 6.45) is 0. The Balaban J connectivity index is 1.97. The molecule has 5 nitrogen and oxygen atoms in total. The van der Waals surface area contributed by atoms with Crippen molar-refractivity contribution in [3.63, 3.8) is 0 Å². The maximum atomic E-state index is 13.0. The zero-order valence-electron chi connectivity index (χ0n) is 20.7. The summed E-state index contributed by atoms with van der Waals surface area (Å²) in [7, 11) is 6.50. The van der Waals surface area contributed by atoms with Gasteiger partial charge >= 0.3 is 0 Å². The van der Waals surface area contributed by atoms with Gasteiger partial charge in [-0.3, -0.25) is 0 Å². The van der Waals surface area contributed by atoms with Crippen LogP contribution in [-0.2, 0) is 5.60 Å². The van der Waals surface area contributed by atoms with E-state index < -0.39 is 5.60 Å². The molecule has 0 aromatic heterocycles. The van der Waals surface area contributed by atoms with Gasteiger partial charge in [-0.05, 0) is 52.7 Å². The largest absolute Gasteiger partial charge is 0.496 e. The minimum atomic E-state index is -1.64. The van der Waals surface area contributed by atoms with E-state index in [1.165, 1.54) is 0 Å². The molecule has 0 fully saturated rings. The lowest BCUT2D eigenvalue weighted by atomic mass is 9.76. The van der Waals surface area contributed by atoms with Gasteiger partial charge in [-0.2, -0.15) is 0 Å². The molecule has 1 N–H and O–H groups in total. The van der Waals surface area contributed by atoms with Gasteiger partial charge in [0.2, 0.25) is 0 Å². The number of hydrogen-bond donors (Lipinski definition) is 1. The number of hydrogen-bond acceptors (Lipinski definition) is 5. The van der Waals surface area contributed by atoms with Gasteiger partial charge in [-0.15, -0.1) is 0 Å². The van der Waals surface area contributed by atoms with Crippen molar-refractivity contribution in [1.82, 2.24) is 0 Å². The molecule has 0 unspecified atom stereocenters. The van der Waals surface area contributed by atoms with E-state index in [1.807, 2.05) is 91.0 Å². The molecular formula is C31H28O5. The Bertz CT molecular complexity index is 1540. The van der Waals surface area contributed by atoms with E-state index in [9.17, 15) is 5.11 Å². The van der Waals surface area contributed by atoms with Gasteiger partial charge in [-0.25, -0.2) is 0 Å². The van der Waals surface area contributed by atoms with E-state index in [0.29, 0.717) is 39.7 Å². The molecule has 5 rings (SSSR count).